The van der Waals surface area contributed by atoms with Crippen molar-refractivity contribution in [3.8, 4) is 22.6 Å². The number of nitrogens with zero attached hydrogens (tertiary/aromatic N) is 6. The first-order chi connectivity index (χ1) is 17.2. The van der Waals surface area contributed by atoms with Crippen LogP contribution in [-0.2, 0) is 19.1 Å². The van der Waals surface area contributed by atoms with Crippen molar-refractivity contribution < 1.29 is 5.11 Å². The largest absolute Gasteiger partial charge is 0.384 e. The molecule has 0 amide bonds. The smallest absolute Gasteiger partial charge is 0.146 e. The van der Waals surface area contributed by atoms with Crippen LogP contribution >= 0.6 is 11.6 Å². The molecule has 11 heteroatoms. The van der Waals surface area contributed by atoms with Crippen molar-refractivity contribution in [3.05, 3.63) is 65.2 Å². The number of aliphatic hydroxyl groups is 1. The van der Waals surface area contributed by atoms with Crippen LogP contribution < -0.4 is 11.1 Å². The summed E-state index contributed by atoms with van der Waals surface area (Å²) in [5.74, 6) is 0.985. The maximum absolute atomic E-state index is 10.2. The number of rotatable bonds is 7. The number of H-pyrrole nitrogens is 1. The molecule has 0 radical (unpaired) electrons. The molecule has 0 fully saturated rings. The highest BCUT2D eigenvalue weighted by atomic mass is 35.5. The summed E-state index contributed by atoms with van der Waals surface area (Å²) in [5, 5.41) is 26.4. The van der Waals surface area contributed by atoms with E-state index in [1.807, 2.05) is 43.6 Å². The Hall–Kier alpha value is -4.02. The Kier molecular flexibility index (Phi) is 6.07. The fourth-order valence-corrected chi connectivity index (χ4v) is 4.19. The molecule has 1 aromatic carbocycles. The van der Waals surface area contributed by atoms with Gasteiger partial charge in [0, 0.05) is 37.2 Å². The third-order valence-electron chi connectivity index (χ3n) is 5.77. The zero-order valence-electron chi connectivity index (χ0n) is 20.1. The average Bonchev–Trinajstić information content (AvgIpc) is 3.49. The molecule has 36 heavy (non-hydrogen) atoms. The summed E-state index contributed by atoms with van der Waals surface area (Å²) in [4.78, 5) is 14.1. The van der Waals surface area contributed by atoms with Gasteiger partial charge >= 0.3 is 0 Å². The summed E-state index contributed by atoms with van der Waals surface area (Å²) >= 11 is 6.52. The van der Waals surface area contributed by atoms with Crippen LogP contribution in [0.4, 0.5) is 11.6 Å². The van der Waals surface area contributed by atoms with Crippen molar-refractivity contribution >= 4 is 34.1 Å². The van der Waals surface area contributed by atoms with Gasteiger partial charge in [0.25, 0.3) is 0 Å². The summed E-state index contributed by atoms with van der Waals surface area (Å²) in [6.45, 7) is 3.92. The zero-order valence-corrected chi connectivity index (χ0v) is 20.9. The van der Waals surface area contributed by atoms with E-state index >= 15 is 0 Å². The Morgan fingerprint density at radius 2 is 1.97 bits per heavy atom. The number of anilines is 2. The van der Waals surface area contributed by atoms with E-state index in [2.05, 4.69) is 25.6 Å². The van der Waals surface area contributed by atoms with E-state index in [0.29, 0.717) is 58.1 Å². The van der Waals surface area contributed by atoms with Crippen molar-refractivity contribution in [1.29, 1.82) is 0 Å². The Bertz CT molecular complexity index is 1550. The number of nitrogens with two attached hydrogens (primary N) is 1. The van der Waals surface area contributed by atoms with Gasteiger partial charge in [0.05, 0.1) is 33.8 Å². The minimum atomic E-state index is -1.03. The molecule has 0 saturated carbocycles. The molecule has 0 spiro atoms. The van der Waals surface area contributed by atoms with Crippen molar-refractivity contribution in [2.75, 3.05) is 17.6 Å². The van der Waals surface area contributed by atoms with Crippen molar-refractivity contribution in [1.82, 2.24) is 34.9 Å². The minimum absolute atomic E-state index is 0.329. The normalized spacial score (nSPS) is 11.8. The number of nitrogen functional groups attached to an aromatic ring is 1. The van der Waals surface area contributed by atoms with Crippen molar-refractivity contribution in [3.63, 3.8) is 0 Å². The second-order valence-electron chi connectivity index (χ2n) is 9.06. The van der Waals surface area contributed by atoms with E-state index in [-0.39, 0.29) is 0 Å². The molecule has 5 aromatic rings. The van der Waals surface area contributed by atoms with Gasteiger partial charge in [-0.1, -0.05) is 17.7 Å². The summed E-state index contributed by atoms with van der Waals surface area (Å²) in [6, 6.07) is 11.2. The highest BCUT2D eigenvalue weighted by Gasteiger charge is 2.20. The van der Waals surface area contributed by atoms with E-state index in [1.54, 1.807) is 30.8 Å². The summed E-state index contributed by atoms with van der Waals surface area (Å²) in [5.41, 5.74) is 9.95. The lowest BCUT2D eigenvalue weighted by molar-refractivity contribution is 0.0740. The highest BCUT2D eigenvalue weighted by molar-refractivity contribution is 6.35. The number of pyridine rings is 1. The van der Waals surface area contributed by atoms with Gasteiger partial charge in [-0.2, -0.15) is 10.2 Å². The lowest BCUT2D eigenvalue weighted by Gasteiger charge is -2.17. The molecule has 4 aromatic heterocycles. The number of fused-ring (bicyclic) bond motifs is 1. The molecule has 0 saturated heterocycles. The molecule has 184 valence electrons. The van der Waals surface area contributed by atoms with Crippen LogP contribution in [-0.4, -0.2) is 46.6 Å². The predicted octanol–water partition coefficient (Wildman–Crippen LogP) is 3.93. The average molecular weight is 504 g/mol. The van der Waals surface area contributed by atoms with E-state index in [4.69, 9.17) is 27.3 Å². The molecule has 0 aliphatic rings. The standard InChI is InChI=1S/C25H26ClN9O/c1-25(2,36)19-5-4-6-20(31-19)28-9-7-18-24(27)32-23(17-8-10-35(3)34-17)22(30-18)14-11-15-13-29-33-21(15)16(26)12-14/h4-6,8,10-13,36H,7,9H2,1-3H3,(H2,27,32)(H,28,31)(H,29,33). The third-order valence-corrected chi connectivity index (χ3v) is 6.07. The maximum atomic E-state index is 10.2. The Balaban J connectivity index is 1.49. The number of aromatic amines is 1. The molecule has 0 aliphatic carbocycles. The fourth-order valence-electron chi connectivity index (χ4n) is 3.92. The molecule has 0 atom stereocenters. The molecular formula is C25H26ClN9O. The van der Waals surface area contributed by atoms with Gasteiger partial charge in [-0.25, -0.2) is 15.0 Å². The number of hydrogen-bond acceptors (Lipinski definition) is 8. The first-order valence-corrected chi connectivity index (χ1v) is 11.8. The van der Waals surface area contributed by atoms with Crippen LogP contribution in [0.3, 0.4) is 0 Å². The van der Waals surface area contributed by atoms with Crippen molar-refractivity contribution in [2.24, 2.45) is 7.05 Å². The molecule has 0 aliphatic heterocycles. The number of nitrogens with one attached hydrogen (secondary N) is 2. The Labute approximate surface area is 212 Å². The third kappa shape index (κ3) is 4.73. The molecule has 0 unspecified atom stereocenters. The Morgan fingerprint density at radius 1 is 1.14 bits per heavy atom. The van der Waals surface area contributed by atoms with Crippen LogP contribution in [0.15, 0.2) is 48.8 Å². The molecule has 5 rings (SSSR count). The van der Waals surface area contributed by atoms with Gasteiger partial charge in [0.1, 0.15) is 28.6 Å². The highest BCUT2D eigenvalue weighted by Crippen LogP contribution is 2.34. The van der Waals surface area contributed by atoms with Gasteiger partial charge in [0.15, 0.2) is 0 Å². The van der Waals surface area contributed by atoms with E-state index in [0.717, 1.165) is 16.5 Å². The lowest BCUT2D eigenvalue weighted by atomic mass is 10.0. The summed E-state index contributed by atoms with van der Waals surface area (Å²) in [7, 11) is 1.84. The molecule has 0 bridgehead atoms. The maximum Gasteiger partial charge on any atom is 0.146 e. The lowest BCUT2D eigenvalue weighted by Crippen LogP contribution is -2.18. The van der Waals surface area contributed by atoms with Crippen LogP contribution in [0.2, 0.25) is 5.02 Å². The molecule has 5 N–H and O–H groups in total. The second-order valence-corrected chi connectivity index (χ2v) is 9.47. The number of halogens is 1. The van der Waals surface area contributed by atoms with Gasteiger partial charge in [-0.05, 0) is 44.2 Å². The summed E-state index contributed by atoms with van der Waals surface area (Å²) < 4.78 is 1.70. The van der Waals surface area contributed by atoms with Gasteiger partial charge in [-0.3, -0.25) is 9.78 Å². The minimum Gasteiger partial charge on any atom is -0.384 e. The number of hydrogen-bond donors (Lipinski definition) is 4. The Morgan fingerprint density at radius 3 is 2.72 bits per heavy atom. The summed E-state index contributed by atoms with van der Waals surface area (Å²) in [6.07, 6.45) is 4.07. The first-order valence-electron chi connectivity index (χ1n) is 11.4. The predicted molar refractivity (Wildman–Crippen MR) is 140 cm³/mol. The number of aromatic nitrogens is 7. The van der Waals surface area contributed by atoms with Crippen LogP contribution in [0.5, 0.6) is 0 Å². The van der Waals surface area contributed by atoms with Crippen LogP contribution in [0.25, 0.3) is 33.5 Å². The first kappa shape index (κ1) is 23.7. The zero-order chi connectivity index (χ0) is 25.4. The SMILES string of the molecule is Cn1ccc(-c2nc(N)c(CCNc3cccc(C(C)(C)O)n3)nc2-c2cc(Cl)c3[nH]ncc3c2)n1. The fraction of sp³-hybridized carbons (Fsp3) is 0.240. The van der Waals surface area contributed by atoms with Gasteiger partial charge in [-0.15, -0.1) is 0 Å². The van der Waals surface area contributed by atoms with E-state index in [9.17, 15) is 5.11 Å². The van der Waals surface area contributed by atoms with Crippen molar-refractivity contribution in [2.45, 2.75) is 25.9 Å². The number of aryl methyl sites for hydroxylation is 1. The van der Waals surface area contributed by atoms with Gasteiger partial charge < -0.3 is 16.2 Å². The topological polar surface area (TPSA) is 143 Å². The van der Waals surface area contributed by atoms with E-state index in [1.165, 1.54) is 0 Å². The molecular weight excluding hydrogens is 478 g/mol. The monoisotopic (exact) mass is 503 g/mol. The van der Waals surface area contributed by atoms with Crippen LogP contribution in [0, 0.1) is 0 Å². The van der Waals surface area contributed by atoms with Crippen LogP contribution in [0.1, 0.15) is 25.2 Å². The second kappa shape index (κ2) is 9.21. The number of benzene rings is 1. The van der Waals surface area contributed by atoms with Gasteiger partial charge in [0.2, 0.25) is 0 Å². The molecule has 4 heterocycles. The quantitative estimate of drug-likeness (QED) is 0.261. The molecule has 10 nitrogen and oxygen atoms in total. The van der Waals surface area contributed by atoms with E-state index < -0.39 is 5.60 Å².